The number of phenols is 1. The first-order valence-electron chi connectivity index (χ1n) is 7.02. The zero-order valence-electron chi connectivity index (χ0n) is 12.3. The maximum atomic E-state index is 11.7. The van der Waals surface area contributed by atoms with Gasteiger partial charge in [-0.3, -0.25) is 4.79 Å². The van der Waals surface area contributed by atoms with Gasteiger partial charge in [-0.05, 0) is 48.4 Å². The zero-order valence-corrected chi connectivity index (χ0v) is 13.0. The molecule has 0 fully saturated rings. The summed E-state index contributed by atoms with van der Waals surface area (Å²) >= 11 is 5.79. The van der Waals surface area contributed by atoms with Gasteiger partial charge in [0.25, 0.3) is 5.91 Å². The highest BCUT2D eigenvalue weighted by Crippen LogP contribution is 2.11. The molecule has 6 heteroatoms. The number of hydrogen-bond donors (Lipinski definition) is 2. The van der Waals surface area contributed by atoms with E-state index in [9.17, 15) is 9.59 Å². The van der Waals surface area contributed by atoms with Crippen LogP contribution in [-0.2, 0) is 16.0 Å². The van der Waals surface area contributed by atoms with Gasteiger partial charge in [0.05, 0.1) is 5.56 Å². The molecule has 120 valence electrons. The number of benzene rings is 2. The first kappa shape index (κ1) is 16.8. The highest BCUT2D eigenvalue weighted by Gasteiger charge is 2.09. The molecule has 0 aromatic heterocycles. The third-order valence-electron chi connectivity index (χ3n) is 3.09. The molecule has 0 bridgehead atoms. The maximum Gasteiger partial charge on any atom is 0.338 e. The lowest BCUT2D eigenvalue weighted by molar-refractivity contribution is -0.124. The topological polar surface area (TPSA) is 75.6 Å². The SMILES string of the molecule is O=C(COC(=O)c1ccc(O)cc1)NCCc1ccc(Cl)cc1. The molecule has 0 aliphatic rings. The summed E-state index contributed by atoms with van der Waals surface area (Å²) in [5, 5.41) is 12.5. The quantitative estimate of drug-likeness (QED) is 0.797. The molecule has 23 heavy (non-hydrogen) atoms. The summed E-state index contributed by atoms with van der Waals surface area (Å²) in [5.74, 6) is -0.926. The number of aromatic hydroxyl groups is 1. The molecule has 0 radical (unpaired) electrons. The molecule has 0 saturated heterocycles. The largest absolute Gasteiger partial charge is 0.508 e. The van der Waals surface area contributed by atoms with Crippen molar-refractivity contribution in [3.8, 4) is 5.75 Å². The van der Waals surface area contributed by atoms with Crippen LogP contribution in [0.15, 0.2) is 48.5 Å². The number of halogens is 1. The van der Waals surface area contributed by atoms with E-state index in [1.54, 1.807) is 12.1 Å². The van der Waals surface area contributed by atoms with Gasteiger partial charge in [-0.25, -0.2) is 4.79 Å². The van der Waals surface area contributed by atoms with E-state index in [2.05, 4.69) is 5.32 Å². The first-order chi connectivity index (χ1) is 11.0. The first-order valence-corrected chi connectivity index (χ1v) is 7.39. The molecular weight excluding hydrogens is 318 g/mol. The number of ether oxygens (including phenoxy) is 1. The van der Waals surface area contributed by atoms with Gasteiger partial charge in [-0.15, -0.1) is 0 Å². The predicted molar refractivity (Wildman–Crippen MR) is 86.6 cm³/mol. The molecule has 0 aliphatic heterocycles. The standard InChI is InChI=1S/C17H16ClNO4/c18-14-5-1-12(2-6-14)9-10-19-16(21)11-23-17(22)13-3-7-15(20)8-4-13/h1-8,20H,9-11H2,(H,19,21). The molecule has 5 nitrogen and oxygen atoms in total. The van der Waals surface area contributed by atoms with Crippen LogP contribution in [0.4, 0.5) is 0 Å². The second-order valence-electron chi connectivity index (χ2n) is 4.85. The van der Waals surface area contributed by atoms with Crippen LogP contribution in [0.3, 0.4) is 0 Å². The van der Waals surface area contributed by atoms with E-state index in [4.69, 9.17) is 21.4 Å². The lowest BCUT2D eigenvalue weighted by Gasteiger charge is -2.07. The fourth-order valence-electron chi connectivity index (χ4n) is 1.86. The minimum atomic E-state index is -0.613. The summed E-state index contributed by atoms with van der Waals surface area (Å²) in [6.07, 6.45) is 0.662. The Morgan fingerprint density at radius 2 is 1.70 bits per heavy atom. The molecule has 0 saturated carbocycles. The van der Waals surface area contributed by atoms with Crippen LogP contribution in [0.1, 0.15) is 15.9 Å². The second kappa shape index (κ2) is 8.19. The number of rotatable bonds is 6. The molecule has 0 aliphatic carbocycles. The molecular formula is C17H16ClNO4. The number of amides is 1. The Balaban J connectivity index is 1.69. The van der Waals surface area contributed by atoms with E-state index >= 15 is 0 Å². The zero-order chi connectivity index (χ0) is 16.7. The normalized spacial score (nSPS) is 10.1. The monoisotopic (exact) mass is 333 g/mol. The van der Waals surface area contributed by atoms with Gasteiger partial charge >= 0.3 is 5.97 Å². The number of carbonyl (C=O) groups excluding carboxylic acids is 2. The van der Waals surface area contributed by atoms with E-state index in [1.807, 2.05) is 12.1 Å². The van der Waals surface area contributed by atoms with Crippen LogP contribution in [0.25, 0.3) is 0 Å². The Hall–Kier alpha value is -2.53. The van der Waals surface area contributed by atoms with E-state index < -0.39 is 5.97 Å². The Bertz CT molecular complexity index is 668. The van der Waals surface area contributed by atoms with Crippen molar-refractivity contribution in [2.45, 2.75) is 6.42 Å². The van der Waals surface area contributed by atoms with Gasteiger partial charge in [0.2, 0.25) is 0 Å². The number of hydrogen-bond acceptors (Lipinski definition) is 4. The van der Waals surface area contributed by atoms with Crippen molar-refractivity contribution in [2.75, 3.05) is 13.2 Å². The molecule has 0 unspecified atom stereocenters. The van der Waals surface area contributed by atoms with Crippen molar-refractivity contribution in [3.05, 3.63) is 64.7 Å². The molecule has 0 spiro atoms. The third kappa shape index (κ3) is 5.64. The van der Waals surface area contributed by atoms with Crippen molar-refractivity contribution < 1.29 is 19.4 Å². The number of nitrogens with one attached hydrogen (secondary N) is 1. The van der Waals surface area contributed by atoms with Gasteiger partial charge in [-0.2, -0.15) is 0 Å². The Kier molecular flexibility index (Phi) is 6.00. The Labute approximate surface area is 138 Å². The van der Waals surface area contributed by atoms with E-state index in [0.29, 0.717) is 18.0 Å². The molecule has 0 atom stereocenters. The fourth-order valence-corrected chi connectivity index (χ4v) is 1.99. The van der Waals surface area contributed by atoms with Gasteiger partial charge in [0.1, 0.15) is 5.75 Å². The van der Waals surface area contributed by atoms with Crippen LogP contribution in [-0.4, -0.2) is 30.1 Å². The molecule has 0 heterocycles. The van der Waals surface area contributed by atoms with Gasteiger partial charge in [0, 0.05) is 11.6 Å². The molecule has 2 rings (SSSR count). The predicted octanol–water partition coefficient (Wildman–Crippen LogP) is 2.56. The molecule has 2 aromatic rings. The van der Waals surface area contributed by atoms with Crippen LogP contribution in [0, 0.1) is 0 Å². The minimum absolute atomic E-state index is 0.0569. The van der Waals surface area contributed by atoms with Crippen molar-refractivity contribution in [2.24, 2.45) is 0 Å². The van der Waals surface area contributed by atoms with Crippen molar-refractivity contribution >= 4 is 23.5 Å². The summed E-state index contributed by atoms with van der Waals surface area (Å²) in [6.45, 7) is 0.0948. The van der Waals surface area contributed by atoms with E-state index in [0.717, 1.165) is 5.56 Å². The Morgan fingerprint density at radius 1 is 1.04 bits per heavy atom. The second-order valence-corrected chi connectivity index (χ2v) is 5.29. The van der Waals surface area contributed by atoms with Crippen LogP contribution < -0.4 is 5.32 Å². The minimum Gasteiger partial charge on any atom is -0.508 e. The summed E-state index contributed by atoms with van der Waals surface area (Å²) in [4.78, 5) is 23.3. The summed E-state index contributed by atoms with van der Waals surface area (Å²) in [7, 11) is 0. The summed E-state index contributed by atoms with van der Waals surface area (Å²) in [5.41, 5.74) is 1.33. The highest BCUT2D eigenvalue weighted by atomic mass is 35.5. The van der Waals surface area contributed by atoms with Crippen molar-refractivity contribution in [3.63, 3.8) is 0 Å². The highest BCUT2D eigenvalue weighted by molar-refractivity contribution is 6.30. The van der Waals surface area contributed by atoms with Crippen LogP contribution in [0.5, 0.6) is 5.75 Å². The van der Waals surface area contributed by atoms with Gasteiger partial charge in [0.15, 0.2) is 6.61 Å². The lowest BCUT2D eigenvalue weighted by atomic mass is 10.1. The number of carbonyl (C=O) groups is 2. The number of esters is 1. The molecule has 2 aromatic carbocycles. The van der Waals surface area contributed by atoms with Crippen molar-refractivity contribution in [1.29, 1.82) is 0 Å². The average molecular weight is 334 g/mol. The van der Waals surface area contributed by atoms with Gasteiger partial charge in [-0.1, -0.05) is 23.7 Å². The maximum absolute atomic E-state index is 11.7. The number of phenolic OH excluding ortho intramolecular Hbond substituents is 1. The third-order valence-corrected chi connectivity index (χ3v) is 3.34. The van der Waals surface area contributed by atoms with E-state index in [-0.39, 0.29) is 23.8 Å². The van der Waals surface area contributed by atoms with Crippen LogP contribution >= 0.6 is 11.6 Å². The Morgan fingerprint density at radius 3 is 2.35 bits per heavy atom. The van der Waals surface area contributed by atoms with Crippen molar-refractivity contribution in [1.82, 2.24) is 5.32 Å². The summed E-state index contributed by atoms with van der Waals surface area (Å²) < 4.78 is 4.90. The average Bonchev–Trinajstić information content (AvgIpc) is 2.55. The smallest absolute Gasteiger partial charge is 0.338 e. The fraction of sp³-hybridized carbons (Fsp3) is 0.176. The summed E-state index contributed by atoms with van der Waals surface area (Å²) in [6, 6.07) is 13.0. The van der Waals surface area contributed by atoms with Crippen LogP contribution in [0.2, 0.25) is 5.02 Å². The van der Waals surface area contributed by atoms with Gasteiger partial charge < -0.3 is 15.2 Å². The van der Waals surface area contributed by atoms with E-state index in [1.165, 1.54) is 24.3 Å². The lowest BCUT2D eigenvalue weighted by Crippen LogP contribution is -2.30. The molecule has 2 N–H and O–H groups in total. The molecule has 1 amide bonds.